The van der Waals surface area contributed by atoms with E-state index in [-0.39, 0.29) is 0 Å². The third-order valence-electron chi connectivity index (χ3n) is 2.38. The summed E-state index contributed by atoms with van der Waals surface area (Å²) in [4.78, 5) is 9.00. The van der Waals surface area contributed by atoms with Crippen LogP contribution in [0.5, 0.6) is 0 Å². The molecule has 0 aliphatic carbocycles. The van der Waals surface area contributed by atoms with Gasteiger partial charge in [-0.3, -0.25) is 4.79 Å². The van der Waals surface area contributed by atoms with Gasteiger partial charge < -0.3 is 5.11 Å². The first-order valence-corrected chi connectivity index (χ1v) is 6.99. The van der Waals surface area contributed by atoms with Gasteiger partial charge in [0.05, 0.1) is 0 Å². The molecule has 0 aromatic carbocycles. The fourth-order valence-corrected chi connectivity index (χ4v) is 1.50. The molecule has 0 rings (SSSR count). The summed E-state index contributed by atoms with van der Waals surface area (Å²) in [5, 5.41) is 7.42. The van der Waals surface area contributed by atoms with Crippen LogP contribution in [0.15, 0.2) is 12.2 Å². The number of carboxylic acid groups (broad SMARTS) is 1. The van der Waals surface area contributed by atoms with E-state index in [4.69, 9.17) is 9.90 Å². The molecule has 0 bridgehead atoms. The third-order valence-corrected chi connectivity index (χ3v) is 2.38. The molecule has 0 aromatic rings. The van der Waals surface area contributed by atoms with E-state index in [2.05, 4.69) is 26.0 Å². The minimum Gasteiger partial charge on any atom is -0.481 e. The van der Waals surface area contributed by atoms with Crippen LogP contribution in [0.25, 0.3) is 0 Å². The first kappa shape index (κ1) is 18.6. The second-order valence-corrected chi connectivity index (χ2v) is 4.31. The standard InChI is InChI=1S/C13H26.C2H4O2/c1-3-5-7-9-11-13-12-10-8-6-4-2;1-2(3)4/h5,7H,3-4,6,8-13H2,1-2H3;1H3,(H,3,4)/b7-5-;. The predicted molar refractivity (Wildman–Crippen MR) is 75.4 cm³/mol. The highest BCUT2D eigenvalue weighted by atomic mass is 16.4. The van der Waals surface area contributed by atoms with Crippen molar-refractivity contribution in [3.63, 3.8) is 0 Å². The van der Waals surface area contributed by atoms with Crippen molar-refractivity contribution < 1.29 is 9.90 Å². The number of carboxylic acids is 1. The molecule has 0 aromatic heterocycles. The van der Waals surface area contributed by atoms with E-state index in [1.807, 2.05) is 0 Å². The highest BCUT2D eigenvalue weighted by molar-refractivity contribution is 5.62. The highest BCUT2D eigenvalue weighted by Gasteiger charge is 1.88. The Morgan fingerprint density at radius 3 is 1.88 bits per heavy atom. The minimum absolute atomic E-state index is 0.833. The van der Waals surface area contributed by atoms with Crippen LogP contribution >= 0.6 is 0 Å². The van der Waals surface area contributed by atoms with Crippen LogP contribution in [-0.2, 0) is 4.79 Å². The van der Waals surface area contributed by atoms with Gasteiger partial charge in [0.25, 0.3) is 5.97 Å². The smallest absolute Gasteiger partial charge is 0.300 e. The number of aliphatic carboxylic acids is 1. The topological polar surface area (TPSA) is 37.3 Å². The molecule has 0 heterocycles. The van der Waals surface area contributed by atoms with Gasteiger partial charge in [0.2, 0.25) is 0 Å². The molecule has 0 saturated heterocycles. The number of hydrogen-bond acceptors (Lipinski definition) is 1. The maximum Gasteiger partial charge on any atom is 0.300 e. The normalized spacial score (nSPS) is 10.1. The molecule has 0 saturated carbocycles. The molecule has 0 unspecified atom stereocenters. The fraction of sp³-hybridized carbons (Fsp3) is 0.800. The van der Waals surface area contributed by atoms with Gasteiger partial charge in [-0.2, -0.15) is 0 Å². The average Bonchev–Trinajstić information content (AvgIpc) is 2.26. The van der Waals surface area contributed by atoms with E-state index in [9.17, 15) is 0 Å². The van der Waals surface area contributed by atoms with E-state index in [1.54, 1.807) is 0 Å². The van der Waals surface area contributed by atoms with Crippen LogP contribution in [0.2, 0.25) is 0 Å². The van der Waals surface area contributed by atoms with Gasteiger partial charge in [0.15, 0.2) is 0 Å². The molecule has 0 fully saturated rings. The Kier molecular flexibility index (Phi) is 19.2. The molecule has 2 nitrogen and oxygen atoms in total. The Bertz CT molecular complexity index is 170. The summed E-state index contributed by atoms with van der Waals surface area (Å²) in [7, 11) is 0. The summed E-state index contributed by atoms with van der Waals surface area (Å²) >= 11 is 0. The first-order valence-electron chi connectivity index (χ1n) is 6.99. The third kappa shape index (κ3) is 31.3. The number of allylic oxidation sites excluding steroid dienone is 2. The number of hydrogen-bond donors (Lipinski definition) is 1. The molecule has 1 N–H and O–H groups in total. The molecule has 0 spiro atoms. The SMILES string of the molecule is CC(=O)O.CC/C=C\CCCCCCCCC. The molecule has 0 radical (unpaired) electrons. The number of carbonyl (C=O) groups is 1. The number of unbranched alkanes of at least 4 members (excludes halogenated alkanes) is 7. The molecule has 0 atom stereocenters. The quantitative estimate of drug-likeness (QED) is 0.446. The van der Waals surface area contributed by atoms with E-state index in [0.29, 0.717) is 0 Å². The molecule has 17 heavy (non-hydrogen) atoms. The lowest BCUT2D eigenvalue weighted by Gasteiger charge is -1.98. The Balaban J connectivity index is 0. The van der Waals surface area contributed by atoms with Crippen LogP contribution in [-0.4, -0.2) is 11.1 Å². The van der Waals surface area contributed by atoms with Crippen molar-refractivity contribution in [2.24, 2.45) is 0 Å². The van der Waals surface area contributed by atoms with Gasteiger partial charge in [-0.05, 0) is 19.3 Å². The van der Waals surface area contributed by atoms with Crippen LogP contribution in [0.4, 0.5) is 0 Å². The lowest BCUT2D eigenvalue weighted by molar-refractivity contribution is -0.134. The van der Waals surface area contributed by atoms with Gasteiger partial charge in [0, 0.05) is 6.92 Å². The van der Waals surface area contributed by atoms with Crippen molar-refractivity contribution in [2.45, 2.75) is 78.6 Å². The summed E-state index contributed by atoms with van der Waals surface area (Å²) in [5.74, 6) is -0.833. The van der Waals surface area contributed by atoms with Gasteiger partial charge in [-0.15, -0.1) is 0 Å². The molecule has 0 aliphatic heterocycles. The zero-order valence-electron chi connectivity index (χ0n) is 11.9. The minimum atomic E-state index is -0.833. The summed E-state index contributed by atoms with van der Waals surface area (Å²) in [6.07, 6.45) is 17.0. The van der Waals surface area contributed by atoms with E-state index in [1.165, 1.54) is 57.8 Å². The van der Waals surface area contributed by atoms with Crippen LogP contribution in [0, 0.1) is 0 Å². The molecule has 102 valence electrons. The van der Waals surface area contributed by atoms with Crippen molar-refractivity contribution in [1.82, 2.24) is 0 Å². The maximum atomic E-state index is 9.00. The van der Waals surface area contributed by atoms with E-state index < -0.39 is 5.97 Å². The largest absolute Gasteiger partial charge is 0.481 e. The van der Waals surface area contributed by atoms with Crippen LogP contribution in [0.3, 0.4) is 0 Å². The highest BCUT2D eigenvalue weighted by Crippen LogP contribution is 2.08. The zero-order valence-corrected chi connectivity index (χ0v) is 11.9. The summed E-state index contributed by atoms with van der Waals surface area (Å²) < 4.78 is 0. The monoisotopic (exact) mass is 242 g/mol. The van der Waals surface area contributed by atoms with E-state index in [0.717, 1.165) is 6.92 Å². The predicted octanol–water partition coefficient (Wildman–Crippen LogP) is 5.18. The van der Waals surface area contributed by atoms with Gasteiger partial charge in [0.1, 0.15) is 0 Å². The van der Waals surface area contributed by atoms with Crippen molar-refractivity contribution in [2.75, 3.05) is 0 Å². The lowest BCUT2D eigenvalue weighted by atomic mass is 10.1. The molecule has 0 amide bonds. The van der Waals surface area contributed by atoms with Gasteiger partial charge in [-0.25, -0.2) is 0 Å². The fourth-order valence-electron chi connectivity index (χ4n) is 1.50. The molecule has 0 aliphatic rings. The van der Waals surface area contributed by atoms with Crippen molar-refractivity contribution >= 4 is 5.97 Å². The zero-order chi connectivity index (χ0) is 13.4. The molecular formula is C15H30O2. The lowest BCUT2D eigenvalue weighted by Crippen LogP contribution is -1.78. The molecular weight excluding hydrogens is 212 g/mol. The van der Waals surface area contributed by atoms with Gasteiger partial charge >= 0.3 is 0 Å². The maximum absolute atomic E-state index is 9.00. The Morgan fingerprint density at radius 1 is 0.941 bits per heavy atom. The Labute approximate surface area is 107 Å². The van der Waals surface area contributed by atoms with Crippen molar-refractivity contribution in [3.8, 4) is 0 Å². The number of rotatable bonds is 9. The summed E-state index contributed by atoms with van der Waals surface area (Å²) in [6, 6.07) is 0. The van der Waals surface area contributed by atoms with Crippen molar-refractivity contribution in [3.05, 3.63) is 12.2 Å². The van der Waals surface area contributed by atoms with E-state index >= 15 is 0 Å². The van der Waals surface area contributed by atoms with Gasteiger partial charge in [-0.1, -0.05) is 64.5 Å². The van der Waals surface area contributed by atoms with Crippen LogP contribution in [0.1, 0.15) is 78.6 Å². The Morgan fingerprint density at radius 2 is 1.41 bits per heavy atom. The second-order valence-electron chi connectivity index (χ2n) is 4.31. The molecule has 2 heteroatoms. The van der Waals surface area contributed by atoms with Crippen LogP contribution < -0.4 is 0 Å². The van der Waals surface area contributed by atoms with Crippen molar-refractivity contribution in [1.29, 1.82) is 0 Å². The first-order chi connectivity index (χ1) is 8.15. The second kappa shape index (κ2) is 17.6. The summed E-state index contributed by atoms with van der Waals surface area (Å²) in [5.41, 5.74) is 0. The Hall–Kier alpha value is -0.790. The summed E-state index contributed by atoms with van der Waals surface area (Å²) in [6.45, 7) is 5.55. The average molecular weight is 242 g/mol.